The molecule has 1 aromatic carbocycles. The molecule has 0 aliphatic carbocycles. The van der Waals surface area contributed by atoms with Gasteiger partial charge in [0.2, 0.25) is 0 Å². The minimum absolute atomic E-state index is 0.182. The molecule has 0 aliphatic rings. The zero-order valence-corrected chi connectivity index (χ0v) is 12.6. The molecule has 0 saturated heterocycles. The van der Waals surface area contributed by atoms with Crippen molar-refractivity contribution in [1.82, 2.24) is 9.36 Å². The molecule has 8 heteroatoms. The first-order valence-corrected chi connectivity index (χ1v) is 8.01. The molecule has 114 valence electrons. The maximum Gasteiger partial charge on any atom is 0.295 e. The van der Waals surface area contributed by atoms with Gasteiger partial charge in [0.15, 0.2) is 0 Å². The fourth-order valence-electron chi connectivity index (χ4n) is 2.25. The van der Waals surface area contributed by atoms with E-state index in [4.69, 9.17) is 4.55 Å². The monoisotopic (exact) mass is 311 g/mol. The Labute approximate surface area is 122 Å². The van der Waals surface area contributed by atoms with Gasteiger partial charge < -0.3 is 5.32 Å². The third-order valence-electron chi connectivity index (χ3n) is 3.15. The highest BCUT2D eigenvalue weighted by Crippen LogP contribution is 2.15. The molecule has 1 aromatic heterocycles. The van der Waals surface area contributed by atoms with Gasteiger partial charge in [-0.3, -0.25) is 14.0 Å². The molecule has 21 heavy (non-hydrogen) atoms. The summed E-state index contributed by atoms with van der Waals surface area (Å²) in [7, 11) is -2.47. The summed E-state index contributed by atoms with van der Waals surface area (Å²) in [6.45, 7) is 1.86. The average Bonchev–Trinajstić information content (AvgIpc) is 2.67. The van der Waals surface area contributed by atoms with E-state index in [0.29, 0.717) is 17.8 Å². The van der Waals surface area contributed by atoms with Crippen LogP contribution < -0.4 is 10.9 Å². The maximum absolute atomic E-state index is 12.5. The summed E-state index contributed by atoms with van der Waals surface area (Å²) in [6, 6.07) is 9.04. The summed E-state index contributed by atoms with van der Waals surface area (Å²) in [6.07, 6.45) is 0.541. The second kappa shape index (κ2) is 5.74. The van der Waals surface area contributed by atoms with Gasteiger partial charge >= 0.3 is 0 Å². The van der Waals surface area contributed by atoms with Crippen LogP contribution in [0.25, 0.3) is 5.69 Å². The van der Waals surface area contributed by atoms with Crippen LogP contribution in [-0.2, 0) is 23.6 Å². The molecule has 2 N–H and O–H groups in total. The Hall–Kier alpha value is -2.06. The van der Waals surface area contributed by atoms with E-state index in [1.54, 1.807) is 23.9 Å². The molecule has 2 rings (SSSR count). The molecule has 0 spiro atoms. The SMILES string of the molecule is CCc1c(NCS(=O)(=O)O)c(=O)n(-c2ccccc2)n1C. The Morgan fingerprint density at radius 2 is 1.86 bits per heavy atom. The number of para-hydroxylation sites is 1. The van der Waals surface area contributed by atoms with E-state index in [-0.39, 0.29) is 11.2 Å². The predicted octanol–water partition coefficient (Wildman–Crippen LogP) is 0.996. The highest BCUT2D eigenvalue weighted by Gasteiger charge is 2.18. The minimum Gasteiger partial charge on any atom is -0.364 e. The van der Waals surface area contributed by atoms with Crippen molar-refractivity contribution in [2.24, 2.45) is 7.05 Å². The van der Waals surface area contributed by atoms with Crippen molar-refractivity contribution >= 4 is 15.8 Å². The van der Waals surface area contributed by atoms with Gasteiger partial charge in [-0.2, -0.15) is 8.42 Å². The topological polar surface area (TPSA) is 93.3 Å². The summed E-state index contributed by atoms with van der Waals surface area (Å²) >= 11 is 0. The lowest BCUT2D eigenvalue weighted by Gasteiger charge is -2.08. The van der Waals surface area contributed by atoms with Crippen molar-refractivity contribution in [3.63, 3.8) is 0 Å². The van der Waals surface area contributed by atoms with Gasteiger partial charge in [-0.15, -0.1) is 0 Å². The van der Waals surface area contributed by atoms with Crippen molar-refractivity contribution in [3.05, 3.63) is 46.4 Å². The van der Waals surface area contributed by atoms with E-state index < -0.39 is 16.0 Å². The lowest BCUT2D eigenvalue weighted by atomic mass is 10.3. The number of rotatable bonds is 5. The van der Waals surface area contributed by atoms with Crippen molar-refractivity contribution in [2.45, 2.75) is 13.3 Å². The summed E-state index contributed by atoms with van der Waals surface area (Å²) in [5.41, 5.74) is 1.16. The number of hydrogen-bond donors (Lipinski definition) is 2. The van der Waals surface area contributed by atoms with E-state index in [1.165, 1.54) is 4.68 Å². The van der Waals surface area contributed by atoms with Crippen LogP contribution in [0.3, 0.4) is 0 Å². The second-order valence-electron chi connectivity index (χ2n) is 4.55. The molecule has 0 atom stereocenters. The van der Waals surface area contributed by atoms with Crippen LogP contribution in [0.4, 0.5) is 5.69 Å². The standard InChI is InChI=1S/C13H17N3O4S/c1-3-11-12(14-9-21(18,19)20)13(17)16(15(11)2)10-7-5-4-6-8-10/h4-8,14H,3,9H2,1-2H3,(H,18,19,20). The molecule has 0 saturated carbocycles. The Kier molecular flexibility index (Phi) is 4.19. The first-order chi connectivity index (χ1) is 9.85. The first kappa shape index (κ1) is 15.3. The molecule has 0 bridgehead atoms. The quantitative estimate of drug-likeness (QED) is 0.803. The van der Waals surface area contributed by atoms with E-state index in [0.717, 1.165) is 0 Å². The van der Waals surface area contributed by atoms with Gasteiger partial charge in [-0.05, 0) is 18.6 Å². The van der Waals surface area contributed by atoms with Crippen LogP contribution in [0.2, 0.25) is 0 Å². The summed E-state index contributed by atoms with van der Waals surface area (Å²) in [4.78, 5) is 12.5. The summed E-state index contributed by atoms with van der Waals surface area (Å²) < 4.78 is 33.7. The van der Waals surface area contributed by atoms with Crippen molar-refractivity contribution in [3.8, 4) is 5.69 Å². The third-order valence-corrected chi connectivity index (χ3v) is 3.66. The summed E-state index contributed by atoms with van der Waals surface area (Å²) in [5, 5.41) is 2.51. The van der Waals surface area contributed by atoms with E-state index in [9.17, 15) is 13.2 Å². The van der Waals surface area contributed by atoms with Crippen LogP contribution >= 0.6 is 0 Å². The number of nitrogens with zero attached hydrogens (tertiary/aromatic N) is 2. The molecule has 0 amide bonds. The molecule has 0 unspecified atom stereocenters. The average molecular weight is 311 g/mol. The van der Waals surface area contributed by atoms with Gasteiger partial charge in [-0.25, -0.2) is 4.68 Å². The predicted molar refractivity (Wildman–Crippen MR) is 80.4 cm³/mol. The second-order valence-corrected chi connectivity index (χ2v) is 6.01. The van der Waals surface area contributed by atoms with Gasteiger partial charge in [0.25, 0.3) is 15.7 Å². The van der Waals surface area contributed by atoms with Crippen LogP contribution in [0.5, 0.6) is 0 Å². The highest BCUT2D eigenvalue weighted by atomic mass is 32.2. The zero-order valence-electron chi connectivity index (χ0n) is 11.8. The fraction of sp³-hybridized carbons (Fsp3) is 0.308. The lowest BCUT2D eigenvalue weighted by molar-refractivity contribution is 0.485. The van der Waals surface area contributed by atoms with Crippen LogP contribution in [-0.4, -0.2) is 28.2 Å². The Morgan fingerprint density at radius 1 is 1.24 bits per heavy atom. The fourth-order valence-corrected chi connectivity index (χ4v) is 2.58. The molecule has 0 fully saturated rings. The van der Waals surface area contributed by atoms with Gasteiger partial charge in [0.1, 0.15) is 11.6 Å². The Bertz CT molecular complexity index is 791. The van der Waals surface area contributed by atoms with Crippen molar-refractivity contribution in [2.75, 3.05) is 11.2 Å². The normalized spacial score (nSPS) is 11.6. The number of aromatic nitrogens is 2. The maximum atomic E-state index is 12.5. The van der Waals surface area contributed by atoms with Crippen molar-refractivity contribution < 1.29 is 13.0 Å². The zero-order chi connectivity index (χ0) is 15.6. The number of nitrogens with one attached hydrogen (secondary N) is 1. The van der Waals surface area contributed by atoms with Gasteiger partial charge in [0, 0.05) is 7.05 Å². The Morgan fingerprint density at radius 3 is 2.38 bits per heavy atom. The van der Waals surface area contributed by atoms with Crippen molar-refractivity contribution in [1.29, 1.82) is 0 Å². The molecule has 0 radical (unpaired) electrons. The first-order valence-electron chi connectivity index (χ1n) is 6.40. The van der Waals surface area contributed by atoms with Gasteiger partial charge in [0.05, 0.1) is 11.4 Å². The van der Waals surface area contributed by atoms with Crippen LogP contribution in [0, 0.1) is 0 Å². The molecule has 0 aliphatic heterocycles. The number of benzene rings is 1. The number of anilines is 1. The molecular weight excluding hydrogens is 294 g/mol. The lowest BCUT2D eigenvalue weighted by Crippen LogP contribution is -2.22. The molecule has 7 nitrogen and oxygen atoms in total. The number of hydrogen-bond acceptors (Lipinski definition) is 4. The van der Waals surface area contributed by atoms with Gasteiger partial charge in [-0.1, -0.05) is 25.1 Å². The highest BCUT2D eigenvalue weighted by molar-refractivity contribution is 7.85. The molecule has 1 heterocycles. The molecular formula is C13H17N3O4S. The van der Waals surface area contributed by atoms with E-state index in [1.807, 2.05) is 25.1 Å². The molecule has 2 aromatic rings. The third kappa shape index (κ3) is 3.17. The largest absolute Gasteiger partial charge is 0.364 e. The van der Waals surface area contributed by atoms with Crippen LogP contribution in [0.15, 0.2) is 35.1 Å². The Balaban J connectivity index is 2.55. The summed E-state index contributed by atoms with van der Waals surface area (Å²) in [5.74, 6) is -0.700. The van der Waals surface area contributed by atoms with E-state index in [2.05, 4.69) is 5.32 Å². The van der Waals surface area contributed by atoms with E-state index >= 15 is 0 Å². The smallest absolute Gasteiger partial charge is 0.295 e. The van der Waals surface area contributed by atoms with Crippen LogP contribution in [0.1, 0.15) is 12.6 Å². The minimum atomic E-state index is -4.20.